The standard InChI is InChI=1S/C15H19ClN4O2S/c1-15(2,3)12(22-14(21)20-6-4-7-20)17-10-9-5-8-23-11(9)19-13(16)18-10/h5,8,12H,4,6-7H2,1-3H3,(H,17,18,19). The van der Waals surface area contributed by atoms with Crippen LogP contribution in [-0.4, -0.2) is 40.3 Å². The number of carbonyl (C=O) groups is 1. The summed E-state index contributed by atoms with van der Waals surface area (Å²) in [6.45, 7) is 7.51. The number of rotatable bonds is 3. The largest absolute Gasteiger partial charge is 0.425 e. The van der Waals surface area contributed by atoms with Crippen LogP contribution in [0.5, 0.6) is 0 Å². The highest BCUT2D eigenvalue weighted by Gasteiger charge is 2.32. The summed E-state index contributed by atoms with van der Waals surface area (Å²) in [5.74, 6) is 0.581. The molecule has 3 rings (SSSR count). The topological polar surface area (TPSA) is 67.4 Å². The van der Waals surface area contributed by atoms with Crippen molar-refractivity contribution in [1.82, 2.24) is 14.9 Å². The highest BCUT2D eigenvalue weighted by Crippen LogP contribution is 2.30. The average Bonchev–Trinajstić information content (AvgIpc) is 2.82. The molecule has 1 aliphatic heterocycles. The number of fused-ring (bicyclic) bond motifs is 1. The van der Waals surface area contributed by atoms with Gasteiger partial charge in [0.05, 0.1) is 5.39 Å². The molecule has 1 amide bonds. The third kappa shape index (κ3) is 3.50. The van der Waals surface area contributed by atoms with Gasteiger partial charge in [-0.1, -0.05) is 20.8 Å². The van der Waals surface area contributed by atoms with Gasteiger partial charge in [0.15, 0.2) is 6.23 Å². The fourth-order valence-corrected chi connectivity index (χ4v) is 3.14. The third-order valence-corrected chi connectivity index (χ3v) is 4.66. The van der Waals surface area contributed by atoms with Gasteiger partial charge in [0, 0.05) is 18.5 Å². The molecule has 1 unspecified atom stereocenters. The number of thiophene rings is 1. The summed E-state index contributed by atoms with van der Waals surface area (Å²) in [5.41, 5.74) is -0.305. The Labute approximate surface area is 143 Å². The van der Waals surface area contributed by atoms with E-state index in [9.17, 15) is 4.79 Å². The number of amides is 1. The predicted octanol–water partition coefficient (Wildman–Crippen LogP) is 3.97. The Hall–Kier alpha value is -1.60. The summed E-state index contributed by atoms with van der Waals surface area (Å²) < 4.78 is 5.66. The van der Waals surface area contributed by atoms with Crippen LogP contribution >= 0.6 is 22.9 Å². The molecule has 3 heterocycles. The van der Waals surface area contributed by atoms with Crippen molar-refractivity contribution in [3.63, 3.8) is 0 Å². The van der Waals surface area contributed by atoms with Gasteiger partial charge in [-0.25, -0.2) is 9.78 Å². The maximum atomic E-state index is 12.2. The molecular formula is C15H19ClN4O2S. The van der Waals surface area contributed by atoms with Crippen LogP contribution in [0.4, 0.5) is 10.6 Å². The minimum absolute atomic E-state index is 0.171. The van der Waals surface area contributed by atoms with Crippen molar-refractivity contribution in [3.8, 4) is 0 Å². The van der Waals surface area contributed by atoms with Crippen LogP contribution in [0.25, 0.3) is 10.2 Å². The average molecular weight is 355 g/mol. The second kappa shape index (κ2) is 6.13. The Bertz CT molecular complexity index is 724. The summed E-state index contributed by atoms with van der Waals surface area (Å²) in [4.78, 5) is 23.1. The number of anilines is 1. The Morgan fingerprint density at radius 1 is 1.43 bits per heavy atom. The number of likely N-dealkylation sites (tertiary alicyclic amines) is 1. The molecule has 0 bridgehead atoms. The van der Waals surface area contributed by atoms with Crippen molar-refractivity contribution in [2.45, 2.75) is 33.4 Å². The number of nitrogens with zero attached hydrogens (tertiary/aromatic N) is 3. The van der Waals surface area contributed by atoms with Crippen LogP contribution in [0.3, 0.4) is 0 Å². The molecule has 0 saturated carbocycles. The van der Waals surface area contributed by atoms with Crippen molar-refractivity contribution < 1.29 is 9.53 Å². The van der Waals surface area contributed by atoms with Crippen molar-refractivity contribution in [2.75, 3.05) is 18.4 Å². The van der Waals surface area contributed by atoms with Gasteiger partial charge >= 0.3 is 6.09 Å². The van der Waals surface area contributed by atoms with E-state index in [1.165, 1.54) is 11.3 Å². The van der Waals surface area contributed by atoms with E-state index >= 15 is 0 Å². The maximum Gasteiger partial charge on any atom is 0.411 e. The molecule has 8 heteroatoms. The van der Waals surface area contributed by atoms with Crippen molar-refractivity contribution >= 4 is 45.1 Å². The first-order valence-corrected chi connectivity index (χ1v) is 8.73. The van der Waals surface area contributed by atoms with Gasteiger partial charge in [-0.05, 0) is 29.5 Å². The Kier molecular flexibility index (Phi) is 4.33. The first-order chi connectivity index (χ1) is 10.8. The number of ether oxygens (including phenoxy) is 1. The molecule has 23 heavy (non-hydrogen) atoms. The van der Waals surface area contributed by atoms with E-state index < -0.39 is 6.23 Å². The summed E-state index contributed by atoms with van der Waals surface area (Å²) in [7, 11) is 0. The number of halogens is 1. The molecule has 1 N–H and O–H groups in total. The predicted molar refractivity (Wildman–Crippen MR) is 92.0 cm³/mol. The van der Waals surface area contributed by atoms with Crippen molar-refractivity contribution in [2.24, 2.45) is 5.41 Å². The van der Waals surface area contributed by atoms with Crippen LogP contribution in [0, 0.1) is 5.41 Å². The fraction of sp³-hybridized carbons (Fsp3) is 0.533. The number of hydrogen-bond acceptors (Lipinski definition) is 6. The zero-order valence-electron chi connectivity index (χ0n) is 13.3. The molecule has 124 valence electrons. The zero-order chi connectivity index (χ0) is 16.6. The Morgan fingerprint density at radius 3 is 2.78 bits per heavy atom. The lowest BCUT2D eigenvalue weighted by Gasteiger charge is -2.36. The van der Waals surface area contributed by atoms with Crippen LogP contribution in [0.15, 0.2) is 11.4 Å². The molecular weight excluding hydrogens is 336 g/mol. The molecule has 0 radical (unpaired) electrons. The normalized spacial score (nSPS) is 16.1. The van der Waals surface area contributed by atoms with Crippen LogP contribution in [0.2, 0.25) is 5.28 Å². The highest BCUT2D eigenvalue weighted by molar-refractivity contribution is 7.16. The molecule has 0 aliphatic carbocycles. The van der Waals surface area contributed by atoms with E-state index in [0.717, 1.165) is 29.7 Å². The van der Waals surface area contributed by atoms with Crippen molar-refractivity contribution in [3.05, 3.63) is 16.7 Å². The molecule has 0 aromatic carbocycles. The van der Waals surface area contributed by atoms with Gasteiger partial charge in [-0.15, -0.1) is 11.3 Å². The van der Waals surface area contributed by atoms with Gasteiger partial charge in [0.25, 0.3) is 0 Å². The molecule has 1 fully saturated rings. The molecule has 2 aromatic heterocycles. The lowest BCUT2D eigenvalue weighted by atomic mass is 9.94. The van der Waals surface area contributed by atoms with Crippen molar-refractivity contribution in [1.29, 1.82) is 0 Å². The van der Waals surface area contributed by atoms with E-state index in [4.69, 9.17) is 16.3 Å². The first-order valence-electron chi connectivity index (χ1n) is 7.47. The van der Waals surface area contributed by atoms with E-state index in [1.54, 1.807) is 4.90 Å². The molecule has 2 aromatic rings. The summed E-state index contributed by atoms with van der Waals surface area (Å²) in [5, 5.41) is 6.19. The fourth-order valence-electron chi connectivity index (χ4n) is 2.16. The lowest BCUT2D eigenvalue weighted by molar-refractivity contribution is 0.0143. The van der Waals surface area contributed by atoms with Gasteiger partial charge in [0.1, 0.15) is 10.6 Å². The van der Waals surface area contributed by atoms with Crippen LogP contribution in [-0.2, 0) is 4.74 Å². The van der Waals surface area contributed by atoms with E-state index in [2.05, 4.69) is 15.3 Å². The molecule has 1 aliphatic rings. The lowest BCUT2D eigenvalue weighted by Crippen LogP contribution is -2.47. The molecule has 1 atom stereocenters. The second-order valence-corrected chi connectivity index (χ2v) is 7.83. The smallest absolute Gasteiger partial charge is 0.411 e. The Balaban J connectivity index is 1.85. The molecule has 6 nitrogen and oxygen atoms in total. The molecule has 0 spiro atoms. The zero-order valence-corrected chi connectivity index (χ0v) is 14.9. The highest BCUT2D eigenvalue weighted by atomic mass is 35.5. The quantitative estimate of drug-likeness (QED) is 0.667. The summed E-state index contributed by atoms with van der Waals surface area (Å²) >= 11 is 7.48. The Morgan fingerprint density at radius 2 is 2.17 bits per heavy atom. The monoisotopic (exact) mass is 354 g/mol. The third-order valence-electron chi connectivity index (χ3n) is 3.69. The van der Waals surface area contributed by atoms with E-state index in [0.29, 0.717) is 5.82 Å². The number of hydrogen-bond donors (Lipinski definition) is 1. The minimum atomic E-state index is -0.523. The van der Waals surface area contributed by atoms with Crippen LogP contribution < -0.4 is 5.32 Å². The van der Waals surface area contributed by atoms with Gasteiger partial charge in [-0.2, -0.15) is 4.98 Å². The van der Waals surface area contributed by atoms with Crippen LogP contribution in [0.1, 0.15) is 27.2 Å². The van der Waals surface area contributed by atoms with E-state index in [1.807, 2.05) is 32.2 Å². The number of nitrogens with one attached hydrogen (secondary N) is 1. The number of carbonyl (C=O) groups excluding carboxylic acids is 1. The maximum absolute atomic E-state index is 12.2. The SMILES string of the molecule is CC(C)(C)C(Nc1nc(Cl)nc2sccc12)OC(=O)N1CCC1. The first kappa shape index (κ1) is 16.3. The van der Waals surface area contributed by atoms with Gasteiger partial charge in [0.2, 0.25) is 5.28 Å². The summed E-state index contributed by atoms with van der Waals surface area (Å²) in [6, 6.07) is 1.93. The number of aromatic nitrogens is 2. The second-order valence-electron chi connectivity index (χ2n) is 6.60. The minimum Gasteiger partial charge on any atom is -0.425 e. The molecule has 1 saturated heterocycles. The van der Waals surface area contributed by atoms with Gasteiger partial charge in [-0.3, -0.25) is 0 Å². The van der Waals surface area contributed by atoms with E-state index in [-0.39, 0.29) is 16.8 Å². The van der Waals surface area contributed by atoms with Gasteiger partial charge < -0.3 is 15.0 Å². The summed E-state index contributed by atoms with van der Waals surface area (Å²) in [6.07, 6.45) is 0.204.